The van der Waals surface area contributed by atoms with Crippen molar-refractivity contribution in [2.75, 3.05) is 5.32 Å². The fourth-order valence-corrected chi connectivity index (χ4v) is 2.65. The van der Waals surface area contributed by atoms with Crippen molar-refractivity contribution in [1.82, 2.24) is 0 Å². The van der Waals surface area contributed by atoms with Gasteiger partial charge in [0.1, 0.15) is 0 Å². The van der Waals surface area contributed by atoms with Crippen LogP contribution in [0, 0.1) is 5.92 Å². The van der Waals surface area contributed by atoms with Gasteiger partial charge in [-0.05, 0) is 43.9 Å². The number of carbonyl (C=O) groups is 2. The van der Waals surface area contributed by atoms with Crippen molar-refractivity contribution in [2.45, 2.75) is 31.7 Å². The summed E-state index contributed by atoms with van der Waals surface area (Å²) in [6.07, 6.45) is 3.21. The summed E-state index contributed by atoms with van der Waals surface area (Å²) in [5, 5.41) is 12.0. The lowest BCUT2D eigenvalue weighted by molar-refractivity contribution is -0.120. The van der Waals surface area contributed by atoms with E-state index in [9.17, 15) is 9.59 Å². The van der Waals surface area contributed by atoms with Gasteiger partial charge in [-0.15, -0.1) is 0 Å². The molecule has 1 aromatic rings. The maximum atomic E-state index is 12.1. The summed E-state index contributed by atoms with van der Waals surface area (Å²) in [5.41, 5.74) is 6.27. The first-order chi connectivity index (χ1) is 9.45. The predicted molar refractivity (Wildman–Crippen MR) is 77.0 cm³/mol. The molecule has 0 aliphatic heterocycles. The van der Waals surface area contributed by atoms with Crippen LogP contribution in [0.3, 0.4) is 0 Å². The third-order valence-corrected chi connectivity index (χ3v) is 3.77. The molecule has 1 aromatic carbocycles. The van der Waals surface area contributed by atoms with Crippen molar-refractivity contribution in [3.05, 3.63) is 28.8 Å². The first kappa shape index (κ1) is 14.8. The van der Waals surface area contributed by atoms with Gasteiger partial charge in [0, 0.05) is 22.7 Å². The largest absolute Gasteiger partial charge is 0.478 e. The van der Waals surface area contributed by atoms with Gasteiger partial charge in [0.25, 0.3) is 0 Å². The van der Waals surface area contributed by atoms with Crippen LogP contribution in [0.25, 0.3) is 0 Å². The SMILES string of the molecule is NC1CCC(C(=O)Nc2cc(Cl)cc(C(=O)O)c2)CC1. The first-order valence-corrected chi connectivity index (χ1v) is 6.94. The number of nitrogens with two attached hydrogens (primary N) is 1. The van der Waals surface area contributed by atoms with Crippen molar-refractivity contribution >= 4 is 29.2 Å². The average molecular weight is 297 g/mol. The van der Waals surface area contributed by atoms with E-state index in [1.165, 1.54) is 12.1 Å². The van der Waals surface area contributed by atoms with Gasteiger partial charge in [-0.3, -0.25) is 4.79 Å². The summed E-state index contributed by atoms with van der Waals surface area (Å²) in [7, 11) is 0. The van der Waals surface area contributed by atoms with E-state index in [2.05, 4.69) is 5.32 Å². The second-order valence-corrected chi connectivity index (χ2v) is 5.57. The third kappa shape index (κ3) is 3.71. The second kappa shape index (κ2) is 6.24. The number of anilines is 1. The Balaban J connectivity index is 2.06. The zero-order chi connectivity index (χ0) is 14.7. The van der Waals surface area contributed by atoms with E-state index in [1.807, 2.05) is 0 Å². The van der Waals surface area contributed by atoms with Crippen LogP contribution in [0.15, 0.2) is 18.2 Å². The quantitative estimate of drug-likeness (QED) is 0.799. The summed E-state index contributed by atoms with van der Waals surface area (Å²) < 4.78 is 0. The van der Waals surface area contributed by atoms with Crippen molar-refractivity contribution in [3.63, 3.8) is 0 Å². The van der Waals surface area contributed by atoms with E-state index in [0.717, 1.165) is 25.7 Å². The van der Waals surface area contributed by atoms with Crippen molar-refractivity contribution in [2.24, 2.45) is 11.7 Å². The number of aromatic carboxylic acids is 1. The fraction of sp³-hybridized carbons (Fsp3) is 0.429. The lowest BCUT2D eigenvalue weighted by Crippen LogP contribution is -2.32. The van der Waals surface area contributed by atoms with Gasteiger partial charge in [0.05, 0.1) is 5.56 Å². The molecular weight excluding hydrogens is 280 g/mol. The minimum atomic E-state index is -1.08. The van der Waals surface area contributed by atoms with E-state index in [-0.39, 0.29) is 28.5 Å². The van der Waals surface area contributed by atoms with Crippen LogP contribution in [-0.4, -0.2) is 23.0 Å². The number of amides is 1. The maximum Gasteiger partial charge on any atom is 0.335 e. The number of rotatable bonds is 3. The first-order valence-electron chi connectivity index (χ1n) is 6.56. The molecular formula is C14H17ClN2O3. The number of halogens is 1. The Morgan fingerprint density at radius 3 is 2.45 bits per heavy atom. The van der Waals surface area contributed by atoms with Crippen molar-refractivity contribution < 1.29 is 14.7 Å². The summed E-state index contributed by atoms with van der Waals surface area (Å²) >= 11 is 5.85. The van der Waals surface area contributed by atoms with E-state index in [1.54, 1.807) is 6.07 Å². The molecule has 108 valence electrons. The van der Waals surface area contributed by atoms with Gasteiger partial charge in [-0.2, -0.15) is 0 Å². The van der Waals surface area contributed by atoms with E-state index < -0.39 is 5.97 Å². The lowest BCUT2D eigenvalue weighted by Gasteiger charge is -2.25. The number of benzene rings is 1. The molecule has 1 aliphatic carbocycles. The van der Waals surface area contributed by atoms with Crippen molar-refractivity contribution in [3.8, 4) is 0 Å². The molecule has 1 amide bonds. The van der Waals surface area contributed by atoms with E-state index in [0.29, 0.717) is 5.69 Å². The van der Waals surface area contributed by atoms with Crippen LogP contribution >= 0.6 is 11.6 Å². The average Bonchev–Trinajstić information content (AvgIpc) is 2.38. The molecule has 0 aromatic heterocycles. The van der Waals surface area contributed by atoms with Crippen LogP contribution in [0.1, 0.15) is 36.0 Å². The molecule has 0 unspecified atom stereocenters. The topological polar surface area (TPSA) is 92.4 Å². The molecule has 20 heavy (non-hydrogen) atoms. The summed E-state index contributed by atoms with van der Waals surface area (Å²) in [6, 6.07) is 4.48. The number of carbonyl (C=O) groups excluding carboxylic acids is 1. The number of nitrogens with one attached hydrogen (secondary N) is 1. The number of carboxylic acid groups (broad SMARTS) is 1. The van der Waals surface area contributed by atoms with Crippen LogP contribution in [0.5, 0.6) is 0 Å². The van der Waals surface area contributed by atoms with E-state index >= 15 is 0 Å². The van der Waals surface area contributed by atoms with Crippen LogP contribution in [0.2, 0.25) is 5.02 Å². The second-order valence-electron chi connectivity index (χ2n) is 5.13. The molecule has 2 rings (SSSR count). The molecule has 6 heteroatoms. The highest BCUT2D eigenvalue weighted by Gasteiger charge is 2.24. The van der Waals surface area contributed by atoms with Gasteiger partial charge in [-0.25, -0.2) is 4.79 Å². The van der Waals surface area contributed by atoms with Crippen LogP contribution in [-0.2, 0) is 4.79 Å². The molecule has 5 nitrogen and oxygen atoms in total. The minimum absolute atomic E-state index is 0.0541. The number of hydrogen-bond donors (Lipinski definition) is 3. The van der Waals surface area contributed by atoms with Crippen molar-refractivity contribution in [1.29, 1.82) is 0 Å². The molecule has 1 aliphatic rings. The molecule has 1 fully saturated rings. The summed E-state index contributed by atoms with van der Waals surface area (Å²) in [5.74, 6) is -1.25. The Morgan fingerprint density at radius 1 is 1.20 bits per heavy atom. The third-order valence-electron chi connectivity index (χ3n) is 3.55. The molecule has 4 N–H and O–H groups in total. The van der Waals surface area contributed by atoms with Crippen LogP contribution < -0.4 is 11.1 Å². The minimum Gasteiger partial charge on any atom is -0.478 e. The van der Waals surface area contributed by atoms with E-state index in [4.69, 9.17) is 22.4 Å². The van der Waals surface area contributed by atoms with Gasteiger partial charge in [0.2, 0.25) is 5.91 Å². The number of hydrogen-bond acceptors (Lipinski definition) is 3. The molecule has 0 saturated heterocycles. The zero-order valence-corrected chi connectivity index (χ0v) is 11.7. The Kier molecular flexibility index (Phi) is 4.62. The molecule has 0 bridgehead atoms. The molecule has 0 radical (unpaired) electrons. The van der Waals surface area contributed by atoms with Gasteiger partial charge >= 0.3 is 5.97 Å². The van der Waals surface area contributed by atoms with Gasteiger partial charge in [-0.1, -0.05) is 11.6 Å². The zero-order valence-electron chi connectivity index (χ0n) is 10.9. The Hall–Kier alpha value is -1.59. The monoisotopic (exact) mass is 296 g/mol. The van der Waals surface area contributed by atoms with Gasteiger partial charge in [0.15, 0.2) is 0 Å². The predicted octanol–water partition coefficient (Wildman–Crippen LogP) is 2.49. The standard InChI is InChI=1S/C14H17ClN2O3/c15-10-5-9(14(19)20)6-12(7-10)17-13(18)8-1-3-11(16)4-2-8/h5-8,11H,1-4,16H2,(H,17,18)(H,19,20). The molecule has 0 spiro atoms. The molecule has 0 heterocycles. The Labute approximate surface area is 122 Å². The molecule has 0 atom stereocenters. The smallest absolute Gasteiger partial charge is 0.335 e. The highest BCUT2D eigenvalue weighted by molar-refractivity contribution is 6.31. The number of carboxylic acids is 1. The van der Waals surface area contributed by atoms with Crippen LogP contribution in [0.4, 0.5) is 5.69 Å². The Morgan fingerprint density at radius 2 is 1.85 bits per heavy atom. The fourth-order valence-electron chi connectivity index (χ4n) is 2.41. The highest BCUT2D eigenvalue weighted by Crippen LogP contribution is 2.25. The summed E-state index contributed by atoms with van der Waals surface area (Å²) in [6.45, 7) is 0. The summed E-state index contributed by atoms with van der Waals surface area (Å²) in [4.78, 5) is 23.1. The van der Waals surface area contributed by atoms with Gasteiger partial charge < -0.3 is 16.2 Å². The lowest BCUT2D eigenvalue weighted by atomic mass is 9.86. The Bertz CT molecular complexity index is 525. The molecule has 1 saturated carbocycles. The normalized spacial score (nSPS) is 22.3. The highest BCUT2D eigenvalue weighted by atomic mass is 35.5. The maximum absolute atomic E-state index is 12.1.